The second-order valence-corrected chi connectivity index (χ2v) is 11.4. The second-order valence-electron chi connectivity index (χ2n) is 10.1. The standard InChI is InChI=1S/C30H26Cl3NO4.CO2/c1-36-26-8-3-2-5-20(26)18-14-30(35,15-18)22-12-11-19(13-25(22)33)37-16-21-28(34-38-29(21)17-9-10-17)27-23(31)6-4-7-24(27)32;2-1-3/h2-8,11-13,17-18,35H,9-10,14-16H2,1H3;. The lowest BCUT2D eigenvalue weighted by atomic mass is 9.65. The van der Waals surface area contributed by atoms with Gasteiger partial charge in [0.1, 0.15) is 29.6 Å². The molecule has 4 aromatic rings. The van der Waals surface area contributed by atoms with E-state index in [0.717, 1.165) is 35.5 Å². The Bertz CT molecular complexity index is 1570. The maximum Gasteiger partial charge on any atom is 0.373 e. The third-order valence-corrected chi connectivity index (χ3v) is 8.48. The van der Waals surface area contributed by atoms with Gasteiger partial charge in [0.05, 0.1) is 33.3 Å². The van der Waals surface area contributed by atoms with Crippen LogP contribution < -0.4 is 9.47 Å². The maximum atomic E-state index is 11.3. The molecule has 10 heteroatoms. The van der Waals surface area contributed by atoms with Gasteiger partial charge in [-0.2, -0.15) is 9.59 Å². The zero-order chi connectivity index (χ0) is 29.1. The van der Waals surface area contributed by atoms with Crippen LogP contribution in [0, 0.1) is 0 Å². The van der Waals surface area contributed by atoms with Crippen LogP contribution in [-0.4, -0.2) is 23.5 Å². The molecule has 0 aliphatic heterocycles. The predicted molar refractivity (Wildman–Crippen MR) is 154 cm³/mol. The van der Waals surface area contributed by atoms with Crippen molar-refractivity contribution in [1.82, 2.24) is 5.16 Å². The van der Waals surface area contributed by atoms with E-state index in [1.165, 1.54) is 0 Å². The Morgan fingerprint density at radius 3 is 2.29 bits per heavy atom. The van der Waals surface area contributed by atoms with Crippen LogP contribution in [0.3, 0.4) is 0 Å². The van der Waals surface area contributed by atoms with Crippen LogP contribution >= 0.6 is 34.8 Å². The van der Waals surface area contributed by atoms with Crippen molar-refractivity contribution in [3.05, 3.63) is 98.2 Å². The molecule has 0 unspecified atom stereocenters. The molecule has 3 aromatic carbocycles. The van der Waals surface area contributed by atoms with Crippen molar-refractivity contribution in [3.8, 4) is 22.8 Å². The monoisotopic (exact) mass is 613 g/mol. The fourth-order valence-electron chi connectivity index (χ4n) is 5.37. The lowest BCUT2D eigenvalue weighted by Gasteiger charge is -2.45. The molecule has 41 heavy (non-hydrogen) atoms. The molecule has 2 aliphatic rings. The summed E-state index contributed by atoms with van der Waals surface area (Å²) >= 11 is 19.6. The van der Waals surface area contributed by atoms with E-state index in [2.05, 4.69) is 5.16 Å². The summed E-state index contributed by atoms with van der Waals surface area (Å²) in [6.45, 7) is 0.224. The van der Waals surface area contributed by atoms with Crippen LogP contribution in [0.1, 0.15) is 60.0 Å². The number of hydrogen-bond donors (Lipinski definition) is 1. The van der Waals surface area contributed by atoms with E-state index in [4.69, 9.17) is 58.4 Å². The Labute approximate surface area is 251 Å². The highest BCUT2D eigenvalue weighted by molar-refractivity contribution is 6.39. The Kier molecular flexibility index (Phi) is 8.74. The first-order valence-electron chi connectivity index (χ1n) is 13.0. The highest BCUT2D eigenvalue weighted by atomic mass is 35.5. The number of nitrogens with zero attached hydrogens (tertiary/aromatic N) is 1. The maximum absolute atomic E-state index is 11.3. The second kappa shape index (κ2) is 12.3. The van der Waals surface area contributed by atoms with Crippen molar-refractivity contribution < 1.29 is 28.7 Å². The average molecular weight is 615 g/mol. The zero-order valence-electron chi connectivity index (χ0n) is 22.0. The van der Waals surface area contributed by atoms with Gasteiger partial charge in [-0.15, -0.1) is 0 Å². The molecule has 2 saturated carbocycles. The minimum atomic E-state index is -0.997. The van der Waals surface area contributed by atoms with Gasteiger partial charge in [-0.1, -0.05) is 70.3 Å². The summed E-state index contributed by atoms with van der Waals surface area (Å²) in [6, 6.07) is 18.7. The van der Waals surface area contributed by atoms with E-state index in [-0.39, 0.29) is 18.7 Å². The SMILES string of the molecule is COc1ccccc1C1CC(O)(c2ccc(OCc3c(-c4c(Cl)cccc4Cl)noc3C3CC3)cc2Cl)C1.O=C=O. The normalized spacial score (nSPS) is 19.4. The molecule has 0 amide bonds. The number of rotatable bonds is 8. The topological polar surface area (TPSA) is 98.9 Å². The number of benzene rings is 3. The van der Waals surface area contributed by atoms with Gasteiger partial charge in [0.15, 0.2) is 0 Å². The number of para-hydroxylation sites is 1. The smallest absolute Gasteiger partial charge is 0.373 e. The fourth-order valence-corrected chi connectivity index (χ4v) is 6.29. The molecule has 0 radical (unpaired) electrons. The quantitative estimate of drug-likeness (QED) is 0.215. The molecule has 1 heterocycles. The van der Waals surface area contributed by atoms with E-state index in [1.54, 1.807) is 31.4 Å². The molecular formula is C31H26Cl3NO6. The number of hydrogen-bond acceptors (Lipinski definition) is 7. The lowest BCUT2D eigenvalue weighted by molar-refractivity contribution is -0.191. The summed E-state index contributed by atoms with van der Waals surface area (Å²) in [4.78, 5) is 16.2. The molecule has 0 saturated heterocycles. The van der Waals surface area contributed by atoms with Gasteiger partial charge >= 0.3 is 6.15 Å². The summed E-state index contributed by atoms with van der Waals surface area (Å²) in [5.74, 6) is 2.76. The van der Waals surface area contributed by atoms with Gasteiger partial charge in [0.2, 0.25) is 0 Å². The molecule has 212 valence electrons. The molecule has 1 N–H and O–H groups in total. The van der Waals surface area contributed by atoms with Crippen LogP contribution in [0.15, 0.2) is 65.2 Å². The fraction of sp³-hybridized carbons (Fsp3) is 0.290. The summed E-state index contributed by atoms with van der Waals surface area (Å²) in [6.07, 6.45) is 3.49. The van der Waals surface area contributed by atoms with Gasteiger partial charge in [-0.25, -0.2) is 0 Å². The molecule has 0 bridgehead atoms. The van der Waals surface area contributed by atoms with Gasteiger partial charge in [-0.3, -0.25) is 0 Å². The molecule has 0 spiro atoms. The van der Waals surface area contributed by atoms with Gasteiger partial charge in [-0.05, 0) is 67.5 Å². The summed E-state index contributed by atoms with van der Waals surface area (Å²) in [5, 5.41) is 17.1. The average Bonchev–Trinajstić information content (AvgIpc) is 3.70. The highest BCUT2D eigenvalue weighted by Gasteiger charge is 2.46. The molecule has 0 atom stereocenters. The van der Waals surface area contributed by atoms with Crippen molar-refractivity contribution in [1.29, 1.82) is 0 Å². The van der Waals surface area contributed by atoms with Crippen molar-refractivity contribution in [2.45, 2.75) is 49.7 Å². The summed E-state index contributed by atoms with van der Waals surface area (Å²) in [7, 11) is 1.67. The third-order valence-electron chi connectivity index (χ3n) is 7.54. The lowest BCUT2D eigenvalue weighted by Crippen LogP contribution is -2.40. The number of ether oxygens (including phenoxy) is 2. The molecule has 7 nitrogen and oxygen atoms in total. The predicted octanol–water partition coefficient (Wildman–Crippen LogP) is 7.95. The molecular weight excluding hydrogens is 589 g/mol. The van der Waals surface area contributed by atoms with Crippen LogP contribution in [0.25, 0.3) is 11.3 Å². The van der Waals surface area contributed by atoms with Gasteiger partial charge < -0.3 is 19.1 Å². The Morgan fingerprint density at radius 1 is 0.976 bits per heavy atom. The number of carbonyl (C=O) groups excluding carboxylic acids is 2. The number of aliphatic hydroxyl groups is 1. The van der Waals surface area contributed by atoms with Crippen LogP contribution in [0.4, 0.5) is 0 Å². The van der Waals surface area contributed by atoms with E-state index in [9.17, 15) is 5.11 Å². The molecule has 2 aliphatic carbocycles. The van der Waals surface area contributed by atoms with Crippen LogP contribution in [-0.2, 0) is 21.8 Å². The van der Waals surface area contributed by atoms with E-state index in [1.807, 2.05) is 36.4 Å². The summed E-state index contributed by atoms with van der Waals surface area (Å²) in [5.41, 5.74) is 2.87. The minimum Gasteiger partial charge on any atom is -0.496 e. The highest BCUT2D eigenvalue weighted by Crippen LogP contribution is 2.54. The number of methoxy groups -OCH3 is 1. The van der Waals surface area contributed by atoms with Crippen LogP contribution in [0.5, 0.6) is 11.5 Å². The van der Waals surface area contributed by atoms with E-state index < -0.39 is 5.60 Å². The zero-order valence-corrected chi connectivity index (χ0v) is 24.3. The van der Waals surface area contributed by atoms with E-state index >= 15 is 0 Å². The Hall–Kier alpha value is -3.32. The Balaban J connectivity index is 0.00000108. The van der Waals surface area contributed by atoms with E-state index in [0.29, 0.717) is 56.4 Å². The van der Waals surface area contributed by atoms with Gasteiger partial charge in [0, 0.05) is 17.0 Å². The number of aromatic nitrogens is 1. The largest absolute Gasteiger partial charge is 0.496 e. The Morgan fingerprint density at radius 2 is 1.66 bits per heavy atom. The first-order valence-corrected chi connectivity index (χ1v) is 14.1. The molecule has 6 rings (SSSR count). The van der Waals surface area contributed by atoms with Gasteiger partial charge in [0.25, 0.3) is 0 Å². The minimum absolute atomic E-state index is 0.202. The first kappa shape index (κ1) is 29.2. The first-order chi connectivity index (χ1) is 19.8. The van der Waals surface area contributed by atoms with Crippen LogP contribution in [0.2, 0.25) is 15.1 Å². The summed E-state index contributed by atoms with van der Waals surface area (Å²) < 4.78 is 17.4. The van der Waals surface area contributed by atoms with Crippen molar-refractivity contribution in [2.24, 2.45) is 0 Å². The molecule has 1 aromatic heterocycles. The molecule has 2 fully saturated rings. The third kappa shape index (κ3) is 6.01. The van der Waals surface area contributed by atoms with Crippen molar-refractivity contribution >= 4 is 41.0 Å². The number of halogens is 3. The van der Waals surface area contributed by atoms with Crippen molar-refractivity contribution in [3.63, 3.8) is 0 Å². The van der Waals surface area contributed by atoms with Crippen molar-refractivity contribution in [2.75, 3.05) is 7.11 Å².